The standard InChI is InChI=1S/C69H64/c1-38(2)55-14-10-50-28-53(68-32-41-19-42(33-68)21-43(20-41)34-68)27-49-8-7-48(65(55)63(49)50)25-40-6-13-57-58-16-9-47(31-62(58)67(4,5)61(57)26-40)60-18-39(3)56-15-11-51-29-54(30-52-12-17-59(60)66(56)64(51)52)69-35-44-22-45(36-69)24-46(23-44)37-69/h6-18,25-31,41-46H,1,19-24,32-37H2,2-5H3. The van der Waals surface area contributed by atoms with Crippen LogP contribution in [0.15, 0.2) is 122 Å². The van der Waals surface area contributed by atoms with Crippen LogP contribution >= 0.6 is 0 Å². The predicted octanol–water partition coefficient (Wildman–Crippen LogP) is 17.7. The van der Waals surface area contributed by atoms with Crippen molar-refractivity contribution in [3.05, 3.63) is 166 Å². The highest BCUT2D eigenvalue weighted by Crippen LogP contribution is 2.63. The topological polar surface area (TPSA) is 0 Å². The Morgan fingerprint density at radius 2 is 0.957 bits per heavy atom. The van der Waals surface area contributed by atoms with Crippen molar-refractivity contribution in [2.75, 3.05) is 0 Å². The zero-order valence-corrected chi connectivity index (χ0v) is 41.2. The fraction of sp³-hybridized carbons (Fsp3) is 0.362. The molecule has 0 saturated heterocycles. The van der Waals surface area contributed by atoms with Gasteiger partial charge in [0, 0.05) is 5.41 Å². The molecule has 0 nitrogen and oxygen atoms in total. The van der Waals surface area contributed by atoms with E-state index in [2.05, 4.69) is 156 Å². The quantitative estimate of drug-likeness (QED) is 0.151. The highest BCUT2D eigenvalue weighted by atomic mass is 14.6. The zero-order valence-electron chi connectivity index (χ0n) is 41.2. The first-order chi connectivity index (χ1) is 33.5. The average Bonchev–Trinajstić information content (AvgIpc) is 3.55. The van der Waals surface area contributed by atoms with E-state index in [0.29, 0.717) is 10.8 Å². The molecule has 0 heteroatoms. The Hall–Kier alpha value is -5.72. The fourth-order valence-corrected chi connectivity index (χ4v) is 18.7. The lowest BCUT2D eigenvalue weighted by Crippen LogP contribution is -2.48. The molecule has 8 fully saturated rings. The minimum atomic E-state index is -0.146. The van der Waals surface area contributed by atoms with Crippen molar-refractivity contribution in [2.45, 2.75) is 121 Å². The first-order valence-electron chi connectivity index (χ1n) is 27.2. The number of benzene rings is 9. The SMILES string of the molecule is C=C(C)c1ccc2cc(C34CC5CC(CC(C5)C3)C4)cc3ccc(=Cc4ccc5c(c4)C(C)(C)c4cc(-c6cc(C)c7ccc8cc(C9%10CC%11CC(CC(C%11)C9)C%10)cc9ccc6c7c89)ccc4-5)c1c23. The van der Waals surface area contributed by atoms with E-state index in [9.17, 15) is 0 Å². The molecule has 340 valence electrons. The molecule has 9 aliphatic rings. The number of fused-ring (bicyclic) bond motifs is 3. The monoisotopic (exact) mass is 893 g/mol. The molecule has 8 saturated carbocycles. The molecule has 0 heterocycles. The summed E-state index contributed by atoms with van der Waals surface area (Å²) in [4.78, 5) is 0. The number of hydrogen-bond donors (Lipinski definition) is 0. The van der Waals surface area contributed by atoms with Crippen LogP contribution in [-0.4, -0.2) is 0 Å². The van der Waals surface area contributed by atoms with E-state index >= 15 is 0 Å². The van der Waals surface area contributed by atoms with Crippen LogP contribution in [0.2, 0.25) is 0 Å². The Labute approximate surface area is 408 Å². The molecule has 18 rings (SSSR count). The molecule has 0 N–H and O–H groups in total. The van der Waals surface area contributed by atoms with Gasteiger partial charge in [-0.15, -0.1) is 0 Å². The zero-order chi connectivity index (χ0) is 45.9. The van der Waals surface area contributed by atoms with Gasteiger partial charge >= 0.3 is 0 Å². The number of rotatable bonds is 5. The second-order valence-electron chi connectivity index (χ2n) is 25.6. The maximum Gasteiger partial charge on any atom is 0.0159 e. The van der Waals surface area contributed by atoms with Crippen molar-refractivity contribution >= 4 is 65.5 Å². The van der Waals surface area contributed by atoms with E-state index in [1.807, 2.05) is 0 Å². The van der Waals surface area contributed by atoms with Gasteiger partial charge in [0.1, 0.15) is 0 Å². The maximum atomic E-state index is 4.52. The molecule has 0 spiro atoms. The van der Waals surface area contributed by atoms with Gasteiger partial charge in [-0.2, -0.15) is 0 Å². The van der Waals surface area contributed by atoms with Crippen LogP contribution in [0.25, 0.3) is 87.8 Å². The van der Waals surface area contributed by atoms with Crippen LogP contribution in [0.5, 0.6) is 0 Å². The number of hydrogen-bond acceptors (Lipinski definition) is 0. The number of allylic oxidation sites excluding steroid dienone is 1. The highest BCUT2D eigenvalue weighted by molar-refractivity contribution is 6.26. The van der Waals surface area contributed by atoms with Gasteiger partial charge in [-0.25, -0.2) is 0 Å². The molecular formula is C69H64. The molecule has 69 heavy (non-hydrogen) atoms. The largest absolute Gasteiger partial charge is 0.0955 e. The van der Waals surface area contributed by atoms with Crippen molar-refractivity contribution in [2.24, 2.45) is 35.5 Å². The van der Waals surface area contributed by atoms with Crippen LogP contribution in [-0.2, 0) is 16.2 Å². The van der Waals surface area contributed by atoms with E-state index in [-0.39, 0.29) is 5.41 Å². The molecule has 9 aromatic rings. The summed E-state index contributed by atoms with van der Waals surface area (Å²) in [7, 11) is 0. The van der Waals surface area contributed by atoms with Crippen LogP contribution in [0.3, 0.4) is 0 Å². The van der Waals surface area contributed by atoms with E-state index in [1.54, 1.807) is 11.1 Å². The normalized spacial score (nSPS) is 29.4. The van der Waals surface area contributed by atoms with E-state index in [0.717, 1.165) is 41.1 Å². The molecule has 9 aromatic carbocycles. The summed E-state index contributed by atoms with van der Waals surface area (Å²) in [6, 6.07) is 47.1. The molecule has 0 radical (unpaired) electrons. The minimum absolute atomic E-state index is 0.146. The Morgan fingerprint density at radius 3 is 1.51 bits per heavy atom. The maximum absolute atomic E-state index is 4.52. The minimum Gasteiger partial charge on any atom is -0.0955 e. The Balaban J connectivity index is 0.779. The van der Waals surface area contributed by atoms with Gasteiger partial charge in [0.25, 0.3) is 0 Å². The Kier molecular flexibility index (Phi) is 7.88. The summed E-state index contributed by atoms with van der Waals surface area (Å²) in [5.41, 5.74) is 17.2. The summed E-state index contributed by atoms with van der Waals surface area (Å²) in [6.07, 6.45) is 19.8. The smallest absolute Gasteiger partial charge is 0.0159 e. The van der Waals surface area contributed by atoms with E-state index in [1.165, 1.54) is 186 Å². The fourth-order valence-electron chi connectivity index (χ4n) is 18.7. The van der Waals surface area contributed by atoms with Crippen molar-refractivity contribution in [1.82, 2.24) is 0 Å². The molecule has 0 atom stereocenters. The van der Waals surface area contributed by atoms with Gasteiger partial charge < -0.3 is 0 Å². The van der Waals surface area contributed by atoms with Crippen molar-refractivity contribution in [3.8, 4) is 22.3 Å². The van der Waals surface area contributed by atoms with Gasteiger partial charge in [-0.05, 0) is 270 Å². The second kappa shape index (κ2) is 13.6. The third kappa shape index (κ3) is 5.53. The molecular weight excluding hydrogens is 829 g/mol. The molecule has 0 unspecified atom stereocenters. The predicted molar refractivity (Wildman–Crippen MR) is 293 cm³/mol. The van der Waals surface area contributed by atoms with Crippen LogP contribution in [0.4, 0.5) is 0 Å². The third-order valence-electron chi connectivity index (χ3n) is 20.9. The van der Waals surface area contributed by atoms with Crippen LogP contribution in [0.1, 0.15) is 137 Å². The third-order valence-corrected chi connectivity index (χ3v) is 20.9. The molecule has 8 bridgehead atoms. The van der Waals surface area contributed by atoms with Crippen molar-refractivity contribution in [3.63, 3.8) is 0 Å². The molecule has 0 amide bonds. The van der Waals surface area contributed by atoms with Gasteiger partial charge in [0.2, 0.25) is 0 Å². The van der Waals surface area contributed by atoms with Gasteiger partial charge in [-0.1, -0.05) is 135 Å². The molecule has 0 aromatic heterocycles. The summed E-state index contributed by atoms with van der Waals surface area (Å²) < 4.78 is 0. The lowest BCUT2D eigenvalue weighted by molar-refractivity contribution is -0.00520. The molecule has 9 aliphatic carbocycles. The average molecular weight is 893 g/mol. The lowest BCUT2D eigenvalue weighted by atomic mass is 9.48. The molecule has 0 aliphatic heterocycles. The van der Waals surface area contributed by atoms with Gasteiger partial charge in [-0.3, -0.25) is 0 Å². The highest BCUT2D eigenvalue weighted by Gasteiger charge is 2.53. The van der Waals surface area contributed by atoms with Crippen LogP contribution < -0.4 is 5.22 Å². The van der Waals surface area contributed by atoms with E-state index in [4.69, 9.17) is 0 Å². The van der Waals surface area contributed by atoms with Crippen molar-refractivity contribution in [1.29, 1.82) is 0 Å². The second-order valence-corrected chi connectivity index (χ2v) is 25.6. The van der Waals surface area contributed by atoms with Gasteiger partial charge in [0.05, 0.1) is 0 Å². The first-order valence-corrected chi connectivity index (χ1v) is 27.2. The summed E-state index contributed by atoms with van der Waals surface area (Å²) in [5, 5.41) is 15.4. The van der Waals surface area contributed by atoms with E-state index < -0.39 is 0 Å². The summed E-state index contributed by atoms with van der Waals surface area (Å²) in [6.45, 7) is 13.9. The Morgan fingerprint density at radius 1 is 0.478 bits per heavy atom. The summed E-state index contributed by atoms with van der Waals surface area (Å²) in [5.74, 6) is 5.66. The van der Waals surface area contributed by atoms with Gasteiger partial charge in [0.15, 0.2) is 0 Å². The van der Waals surface area contributed by atoms with Crippen molar-refractivity contribution < 1.29 is 0 Å². The Bertz CT molecular complexity index is 3700. The first kappa shape index (κ1) is 40.1. The summed E-state index contributed by atoms with van der Waals surface area (Å²) >= 11 is 0. The number of aryl methyl sites for hydroxylation is 1. The lowest BCUT2D eigenvalue weighted by Gasteiger charge is -2.57. The van der Waals surface area contributed by atoms with Crippen LogP contribution in [0, 0.1) is 42.4 Å².